The molecule has 2 aromatic heterocycles. The maximum absolute atomic E-state index is 12.2. The van der Waals surface area contributed by atoms with Gasteiger partial charge in [-0.25, -0.2) is 9.78 Å². The van der Waals surface area contributed by atoms with Crippen molar-refractivity contribution in [2.75, 3.05) is 21.7 Å². The molecule has 2 aromatic carbocycles. The second kappa shape index (κ2) is 10.1. The lowest BCUT2D eigenvalue weighted by molar-refractivity contribution is -0.113. The Morgan fingerprint density at radius 2 is 1.59 bits per heavy atom. The summed E-state index contributed by atoms with van der Waals surface area (Å²) in [5.74, 6) is 0.535. The molecule has 0 saturated heterocycles. The fourth-order valence-electron chi connectivity index (χ4n) is 2.86. The van der Waals surface area contributed by atoms with Crippen molar-refractivity contribution >= 4 is 57.1 Å². The number of amides is 3. The molecule has 162 valence electrons. The van der Waals surface area contributed by atoms with Crippen LogP contribution in [0.25, 0.3) is 4.96 Å². The molecule has 0 saturated carbocycles. The number of hydrogen-bond acceptors (Lipinski definition) is 6. The lowest BCUT2D eigenvalue weighted by Gasteiger charge is -2.09. The number of anilines is 3. The molecule has 0 aliphatic carbocycles. The van der Waals surface area contributed by atoms with E-state index in [4.69, 9.17) is 0 Å². The van der Waals surface area contributed by atoms with Crippen LogP contribution in [-0.2, 0) is 10.5 Å². The van der Waals surface area contributed by atoms with Crippen molar-refractivity contribution in [3.05, 3.63) is 88.3 Å². The van der Waals surface area contributed by atoms with E-state index in [0.717, 1.165) is 0 Å². The summed E-state index contributed by atoms with van der Waals surface area (Å²) in [6, 6.07) is 17.1. The highest BCUT2D eigenvalue weighted by atomic mass is 32.2. The molecule has 8 nitrogen and oxygen atoms in total. The molecular formula is C22H19N5O3S2. The maximum Gasteiger partial charge on any atom is 0.323 e. The lowest BCUT2D eigenvalue weighted by Crippen LogP contribution is -2.19. The average Bonchev–Trinajstić information content (AvgIpc) is 3.25. The fraction of sp³-hybridized carbons (Fsp3) is 0.0909. The topological polar surface area (TPSA) is 105 Å². The van der Waals surface area contributed by atoms with Crippen molar-refractivity contribution < 1.29 is 9.59 Å². The molecular weight excluding hydrogens is 446 g/mol. The molecule has 0 atom stereocenters. The molecule has 3 amide bonds. The Hall–Kier alpha value is -3.63. The van der Waals surface area contributed by atoms with Crippen molar-refractivity contribution in [1.82, 2.24) is 9.38 Å². The summed E-state index contributed by atoms with van der Waals surface area (Å²) in [5.41, 5.74) is 2.46. The fourth-order valence-corrected chi connectivity index (χ4v) is 4.31. The smallest absolute Gasteiger partial charge is 0.323 e. The Morgan fingerprint density at radius 3 is 2.31 bits per heavy atom. The van der Waals surface area contributed by atoms with Crippen molar-refractivity contribution in [3.63, 3.8) is 0 Å². The van der Waals surface area contributed by atoms with Crippen LogP contribution >= 0.6 is 23.1 Å². The number of thiazole rings is 1. The molecule has 0 unspecified atom stereocenters. The van der Waals surface area contributed by atoms with Crippen molar-refractivity contribution in [1.29, 1.82) is 0 Å². The van der Waals surface area contributed by atoms with Gasteiger partial charge in [0.15, 0.2) is 4.96 Å². The second-order valence-corrected chi connectivity index (χ2v) is 8.56. The van der Waals surface area contributed by atoms with Crippen LogP contribution in [0.3, 0.4) is 0 Å². The summed E-state index contributed by atoms with van der Waals surface area (Å²) in [4.78, 5) is 41.3. The van der Waals surface area contributed by atoms with E-state index in [1.54, 1.807) is 42.6 Å². The highest BCUT2D eigenvalue weighted by Crippen LogP contribution is 2.16. The van der Waals surface area contributed by atoms with E-state index in [-0.39, 0.29) is 23.3 Å². The Bertz CT molecular complexity index is 1290. The summed E-state index contributed by atoms with van der Waals surface area (Å²) in [7, 11) is 0. The van der Waals surface area contributed by atoms with E-state index in [0.29, 0.717) is 33.5 Å². The van der Waals surface area contributed by atoms with Gasteiger partial charge >= 0.3 is 6.03 Å². The number of nitrogens with one attached hydrogen (secondary N) is 3. The van der Waals surface area contributed by atoms with E-state index < -0.39 is 0 Å². The first kappa shape index (κ1) is 21.6. The van der Waals surface area contributed by atoms with E-state index >= 15 is 0 Å². The van der Waals surface area contributed by atoms with Crippen molar-refractivity contribution in [2.45, 2.75) is 5.75 Å². The van der Waals surface area contributed by atoms with Gasteiger partial charge in [-0.1, -0.05) is 18.2 Å². The van der Waals surface area contributed by atoms with Gasteiger partial charge in [-0.2, -0.15) is 0 Å². The molecule has 32 heavy (non-hydrogen) atoms. The summed E-state index contributed by atoms with van der Waals surface area (Å²) < 4.78 is 1.50. The predicted octanol–water partition coefficient (Wildman–Crippen LogP) is 4.27. The first-order chi connectivity index (χ1) is 15.6. The van der Waals surface area contributed by atoms with Gasteiger partial charge in [0.2, 0.25) is 5.91 Å². The largest absolute Gasteiger partial charge is 0.325 e. The van der Waals surface area contributed by atoms with E-state index in [2.05, 4.69) is 20.9 Å². The Labute approximate surface area is 191 Å². The number of hydrogen-bond donors (Lipinski definition) is 3. The summed E-state index contributed by atoms with van der Waals surface area (Å²) in [5, 5.41) is 10.1. The predicted molar refractivity (Wildman–Crippen MR) is 130 cm³/mol. The Balaban J connectivity index is 1.23. The number of benzene rings is 2. The molecule has 0 aliphatic rings. The van der Waals surface area contributed by atoms with Gasteiger partial charge in [0.1, 0.15) is 0 Å². The van der Waals surface area contributed by atoms with Gasteiger partial charge in [-0.05, 0) is 36.4 Å². The monoisotopic (exact) mass is 465 g/mol. The van der Waals surface area contributed by atoms with E-state index in [1.165, 1.54) is 33.6 Å². The number of carbonyl (C=O) groups excluding carboxylic acids is 2. The zero-order chi connectivity index (χ0) is 22.3. The van der Waals surface area contributed by atoms with Crippen LogP contribution in [0.2, 0.25) is 0 Å². The molecule has 0 radical (unpaired) electrons. The summed E-state index contributed by atoms with van der Waals surface area (Å²) in [6.07, 6.45) is 1.69. The number of thioether (sulfide) groups is 1. The molecule has 3 N–H and O–H groups in total. The minimum atomic E-state index is -0.349. The highest BCUT2D eigenvalue weighted by molar-refractivity contribution is 7.99. The molecule has 10 heteroatoms. The molecule has 0 fully saturated rings. The number of fused-ring (bicyclic) bond motifs is 1. The highest BCUT2D eigenvalue weighted by Gasteiger charge is 2.07. The van der Waals surface area contributed by atoms with Gasteiger partial charge in [-0.15, -0.1) is 23.1 Å². The zero-order valence-corrected chi connectivity index (χ0v) is 18.4. The van der Waals surface area contributed by atoms with Crippen molar-refractivity contribution in [2.24, 2.45) is 0 Å². The molecule has 4 rings (SSSR count). The number of para-hydroxylation sites is 1. The standard InChI is InChI=1S/C22H19N5O3S2/c28-19(14-31-13-18-12-20(29)27-10-11-32-22(27)26-18)23-16-6-8-17(9-7-16)25-21(30)24-15-4-2-1-3-5-15/h1-12H,13-14H2,(H,23,28)(H2,24,25,30). The molecule has 0 aliphatic heterocycles. The number of urea groups is 1. The van der Waals surface area contributed by atoms with Crippen LogP contribution in [0.4, 0.5) is 21.9 Å². The summed E-state index contributed by atoms with van der Waals surface area (Å²) >= 11 is 2.78. The van der Waals surface area contributed by atoms with Crippen LogP contribution in [0.5, 0.6) is 0 Å². The minimum Gasteiger partial charge on any atom is -0.325 e. The molecule has 0 spiro atoms. The van der Waals surface area contributed by atoms with E-state index in [9.17, 15) is 14.4 Å². The first-order valence-electron chi connectivity index (χ1n) is 9.63. The number of aromatic nitrogens is 2. The number of carbonyl (C=O) groups is 2. The lowest BCUT2D eigenvalue weighted by atomic mass is 10.3. The zero-order valence-electron chi connectivity index (χ0n) is 16.8. The normalized spacial score (nSPS) is 10.6. The maximum atomic E-state index is 12.2. The Morgan fingerprint density at radius 1 is 0.938 bits per heavy atom. The van der Waals surface area contributed by atoms with Crippen molar-refractivity contribution in [3.8, 4) is 0 Å². The third-order valence-electron chi connectivity index (χ3n) is 4.30. The summed E-state index contributed by atoms with van der Waals surface area (Å²) in [6.45, 7) is 0. The van der Waals surface area contributed by atoms with Crippen LogP contribution in [0, 0.1) is 0 Å². The van der Waals surface area contributed by atoms with Gasteiger partial charge in [0.05, 0.1) is 11.4 Å². The van der Waals surface area contributed by atoms with Crippen LogP contribution in [0.15, 0.2) is 77.0 Å². The van der Waals surface area contributed by atoms with Gasteiger partial charge < -0.3 is 16.0 Å². The average molecular weight is 466 g/mol. The first-order valence-corrected chi connectivity index (χ1v) is 11.7. The van der Waals surface area contributed by atoms with Gasteiger partial charge in [0, 0.05) is 40.5 Å². The SMILES string of the molecule is O=C(CSCc1cc(=O)n2ccsc2n1)Nc1ccc(NC(=O)Nc2ccccc2)cc1. The number of rotatable bonds is 7. The van der Waals surface area contributed by atoms with Crippen LogP contribution < -0.4 is 21.5 Å². The van der Waals surface area contributed by atoms with Gasteiger partial charge in [-0.3, -0.25) is 14.0 Å². The second-order valence-electron chi connectivity index (χ2n) is 6.70. The molecule has 0 bridgehead atoms. The van der Waals surface area contributed by atoms with Crippen LogP contribution in [0.1, 0.15) is 5.69 Å². The molecule has 4 aromatic rings. The van der Waals surface area contributed by atoms with Crippen LogP contribution in [-0.4, -0.2) is 27.1 Å². The van der Waals surface area contributed by atoms with Gasteiger partial charge in [0.25, 0.3) is 5.56 Å². The Kier molecular flexibility index (Phi) is 6.83. The quantitative estimate of drug-likeness (QED) is 0.378. The number of nitrogens with zero attached hydrogens (tertiary/aromatic N) is 2. The minimum absolute atomic E-state index is 0.123. The van der Waals surface area contributed by atoms with E-state index in [1.807, 2.05) is 23.6 Å². The molecule has 2 heterocycles. The third kappa shape index (κ3) is 5.74. The third-order valence-corrected chi connectivity index (χ3v) is 6.02.